The van der Waals surface area contributed by atoms with Gasteiger partial charge in [0.15, 0.2) is 9.84 Å². The summed E-state index contributed by atoms with van der Waals surface area (Å²) in [6.45, 7) is 5.35. The summed E-state index contributed by atoms with van der Waals surface area (Å²) in [6.07, 6.45) is 4.12. The van der Waals surface area contributed by atoms with Gasteiger partial charge >= 0.3 is 6.09 Å². The Balaban J connectivity index is 2.59. The summed E-state index contributed by atoms with van der Waals surface area (Å²) in [5.74, 6) is 0.315. The van der Waals surface area contributed by atoms with E-state index >= 15 is 0 Å². The van der Waals surface area contributed by atoms with Gasteiger partial charge in [0, 0.05) is 11.7 Å². The lowest BCUT2D eigenvalue weighted by atomic mass is 10.2. The highest BCUT2D eigenvalue weighted by atomic mass is 32.2. The van der Waals surface area contributed by atoms with Crippen molar-refractivity contribution in [3.63, 3.8) is 0 Å². The molecular formula is C12H21NO4S. The summed E-state index contributed by atoms with van der Waals surface area (Å²) in [6, 6.07) is -0.269. The maximum absolute atomic E-state index is 11.6. The van der Waals surface area contributed by atoms with Crippen LogP contribution in [0.5, 0.6) is 0 Å². The van der Waals surface area contributed by atoms with Gasteiger partial charge in [-0.05, 0) is 39.5 Å². The molecule has 1 fully saturated rings. The number of alkyl carbamates (subject to hydrolysis) is 1. The van der Waals surface area contributed by atoms with Crippen molar-refractivity contribution in [2.45, 2.75) is 45.3 Å². The number of nitrogens with one attached hydrogen (secondary N) is 1. The van der Waals surface area contributed by atoms with Crippen LogP contribution in [0.15, 0.2) is 11.5 Å². The van der Waals surface area contributed by atoms with Gasteiger partial charge in [-0.25, -0.2) is 13.2 Å². The van der Waals surface area contributed by atoms with Crippen molar-refractivity contribution in [1.82, 2.24) is 5.32 Å². The normalized spacial score (nSPS) is 18.7. The molecule has 1 aliphatic rings. The molecule has 0 heterocycles. The zero-order valence-electron chi connectivity index (χ0n) is 11.3. The van der Waals surface area contributed by atoms with Crippen LogP contribution in [0.3, 0.4) is 0 Å². The molecule has 0 radical (unpaired) electrons. The van der Waals surface area contributed by atoms with Crippen LogP contribution in [0, 0.1) is 5.92 Å². The van der Waals surface area contributed by atoms with E-state index in [2.05, 4.69) is 5.32 Å². The van der Waals surface area contributed by atoms with Gasteiger partial charge in [0.2, 0.25) is 0 Å². The Hall–Kier alpha value is -1.04. The van der Waals surface area contributed by atoms with Crippen molar-refractivity contribution >= 4 is 15.9 Å². The molecule has 0 aliphatic heterocycles. The molecule has 1 unspecified atom stereocenters. The van der Waals surface area contributed by atoms with Gasteiger partial charge in [-0.2, -0.15) is 0 Å². The molecule has 1 atom stereocenters. The van der Waals surface area contributed by atoms with Crippen LogP contribution >= 0.6 is 0 Å². The van der Waals surface area contributed by atoms with Gasteiger partial charge in [-0.3, -0.25) is 0 Å². The first kappa shape index (κ1) is 15.0. The third-order valence-corrected chi connectivity index (χ3v) is 3.00. The van der Waals surface area contributed by atoms with E-state index in [1.165, 1.54) is 6.08 Å². The Morgan fingerprint density at radius 2 is 1.94 bits per heavy atom. The fraction of sp³-hybridized carbons (Fsp3) is 0.750. The van der Waals surface area contributed by atoms with Gasteiger partial charge < -0.3 is 10.1 Å². The molecule has 1 rings (SSSR count). The summed E-state index contributed by atoms with van der Waals surface area (Å²) < 4.78 is 27.3. The van der Waals surface area contributed by atoms with Crippen molar-refractivity contribution in [3.05, 3.63) is 11.5 Å². The third-order valence-electron chi connectivity index (χ3n) is 2.35. The van der Waals surface area contributed by atoms with Crippen LogP contribution in [-0.4, -0.2) is 32.4 Å². The minimum absolute atomic E-state index is 0.269. The van der Waals surface area contributed by atoms with E-state index in [-0.39, 0.29) is 6.04 Å². The second-order valence-corrected chi connectivity index (χ2v) is 7.60. The predicted molar refractivity (Wildman–Crippen MR) is 69.9 cm³/mol. The second kappa shape index (κ2) is 5.30. The van der Waals surface area contributed by atoms with Crippen molar-refractivity contribution in [1.29, 1.82) is 0 Å². The molecule has 104 valence electrons. The molecule has 1 saturated carbocycles. The second-order valence-electron chi connectivity index (χ2n) is 5.67. The van der Waals surface area contributed by atoms with Gasteiger partial charge in [-0.15, -0.1) is 0 Å². The monoisotopic (exact) mass is 275 g/mol. The number of carbonyl (C=O) groups is 1. The van der Waals surface area contributed by atoms with Gasteiger partial charge in [0.25, 0.3) is 0 Å². The summed E-state index contributed by atoms with van der Waals surface area (Å²) in [7, 11) is -3.17. The molecule has 0 aromatic carbocycles. The molecular weight excluding hydrogens is 254 g/mol. The van der Waals surface area contributed by atoms with E-state index < -0.39 is 21.5 Å². The molecule has 0 spiro atoms. The summed E-state index contributed by atoms with van der Waals surface area (Å²) >= 11 is 0. The molecule has 0 bridgehead atoms. The Kier molecular flexibility index (Phi) is 4.42. The Labute approximate surface area is 109 Å². The van der Waals surface area contributed by atoms with Crippen molar-refractivity contribution < 1.29 is 17.9 Å². The first-order valence-electron chi connectivity index (χ1n) is 5.94. The average molecular weight is 275 g/mol. The molecule has 6 heteroatoms. The number of carbonyl (C=O) groups excluding carboxylic acids is 1. The van der Waals surface area contributed by atoms with Crippen LogP contribution in [0.25, 0.3) is 0 Å². The third kappa shape index (κ3) is 6.64. The maximum Gasteiger partial charge on any atom is 0.408 e. The molecule has 5 nitrogen and oxygen atoms in total. The fourth-order valence-electron chi connectivity index (χ4n) is 1.45. The predicted octanol–water partition coefficient (Wildman–Crippen LogP) is 1.85. The van der Waals surface area contributed by atoms with Gasteiger partial charge in [-0.1, -0.05) is 6.08 Å². The fourth-order valence-corrected chi connectivity index (χ4v) is 1.90. The van der Waals surface area contributed by atoms with Crippen LogP contribution in [-0.2, 0) is 14.6 Å². The average Bonchev–Trinajstić information content (AvgIpc) is 2.90. The first-order valence-corrected chi connectivity index (χ1v) is 7.90. The summed E-state index contributed by atoms with van der Waals surface area (Å²) in [5.41, 5.74) is -0.557. The summed E-state index contributed by atoms with van der Waals surface area (Å²) in [4.78, 5) is 11.6. The van der Waals surface area contributed by atoms with Crippen LogP contribution in [0.4, 0.5) is 4.79 Å². The molecule has 1 amide bonds. The van der Waals surface area contributed by atoms with Crippen LogP contribution < -0.4 is 5.32 Å². The number of rotatable bonds is 4. The van der Waals surface area contributed by atoms with E-state index in [1.54, 1.807) is 20.8 Å². The molecule has 0 saturated heterocycles. The van der Waals surface area contributed by atoms with E-state index in [1.807, 2.05) is 0 Å². The number of hydrogen-bond acceptors (Lipinski definition) is 4. The smallest absolute Gasteiger partial charge is 0.408 e. The van der Waals surface area contributed by atoms with E-state index in [9.17, 15) is 13.2 Å². The van der Waals surface area contributed by atoms with Crippen molar-refractivity contribution in [3.8, 4) is 0 Å². The Bertz CT molecular complexity index is 429. The van der Waals surface area contributed by atoms with Crippen molar-refractivity contribution in [2.24, 2.45) is 5.92 Å². The Morgan fingerprint density at radius 1 is 1.39 bits per heavy atom. The first-order chi connectivity index (χ1) is 8.07. The molecule has 1 aliphatic carbocycles. The highest BCUT2D eigenvalue weighted by Gasteiger charge is 2.32. The lowest BCUT2D eigenvalue weighted by Crippen LogP contribution is -2.39. The van der Waals surface area contributed by atoms with Crippen molar-refractivity contribution in [2.75, 3.05) is 6.26 Å². The SMILES string of the molecule is CC(C)(C)OC(=O)NC(/C=C/S(C)(=O)=O)C1CC1. The standard InChI is InChI=1S/C12H21NO4S/c1-12(2,3)17-11(14)13-10(9-5-6-9)7-8-18(4,15)16/h7-10H,5-6H2,1-4H3,(H,13,14)/b8-7+. The molecule has 0 aromatic heterocycles. The minimum Gasteiger partial charge on any atom is -0.444 e. The van der Waals surface area contributed by atoms with Crippen LogP contribution in [0.1, 0.15) is 33.6 Å². The lowest BCUT2D eigenvalue weighted by Gasteiger charge is -2.22. The largest absolute Gasteiger partial charge is 0.444 e. The zero-order chi connectivity index (χ0) is 14.0. The quantitative estimate of drug-likeness (QED) is 0.849. The lowest BCUT2D eigenvalue weighted by molar-refractivity contribution is 0.0509. The maximum atomic E-state index is 11.6. The minimum atomic E-state index is -3.17. The molecule has 0 aromatic rings. The van der Waals surface area contributed by atoms with Crippen LogP contribution in [0.2, 0.25) is 0 Å². The number of sulfone groups is 1. The zero-order valence-corrected chi connectivity index (χ0v) is 12.1. The molecule has 18 heavy (non-hydrogen) atoms. The van der Waals surface area contributed by atoms with Gasteiger partial charge in [0.1, 0.15) is 5.60 Å². The highest BCUT2D eigenvalue weighted by Crippen LogP contribution is 2.33. The topological polar surface area (TPSA) is 72.5 Å². The number of hydrogen-bond donors (Lipinski definition) is 1. The number of ether oxygens (including phenoxy) is 1. The van der Waals surface area contributed by atoms with E-state index in [0.717, 1.165) is 24.5 Å². The highest BCUT2D eigenvalue weighted by molar-refractivity contribution is 7.93. The Morgan fingerprint density at radius 3 is 2.33 bits per heavy atom. The van der Waals surface area contributed by atoms with E-state index in [4.69, 9.17) is 4.74 Å². The molecule has 1 N–H and O–H groups in total. The van der Waals surface area contributed by atoms with Gasteiger partial charge in [0.05, 0.1) is 6.04 Å². The summed E-state index contributed by atoms with van der Waals surface area (Å²) in [5, 5.41) is 3.83. The van der Waals surface area contributed by atoms with E-state index in [0.29, 0.717) is 5.92 Å². The number of amides is 1.